The molecule has 0 unspecified atom stereocenters. The largest absolute Gasteiger partial charge is 0.325 e. The summed E-state index contributed by atoms with van der Waals surface area (Å²) in [5, 5.41) is 2.95. The van der Waals surface area contributed by atoms with Gasteiger partial charge in [-0.2, -0.15) is 0 Å². The van der Waals surface area contributed by atoms with Crippen LogP contribution in [-0.2, 0) is 4.79 Å². The molecule has 4 aromatic rings. The number of hydrogen-bond acceptors (Lipinski definition) is 6. The van der Waals surface area contributed by atoms with Crippen LogP contribution in [0, 0.1) is 23.6 Å². The Morgan fingerprint density at radius 2 is 2.03 bits per heavy atom. The molecule has 0 fully saturated rings. The highest BCUT2D eigenvalue weighted by Gasteiger charge is 2.15. The number of carbonyl (C=O) groups excluding carboxylic acids is 1. The van der Waals surface area contributed by atoms with E-state index >= 15 is 0 Å². The van der Waals surface area contributed by atoms with E-state index in [1.807, 2.05) is 31.2 Å². The number of aryl methyl sites for hydroxylation is 2. The van der Waals surface area contributed by atoms with Crippen LogP contribution in [0.2, 0.25) is 0 Å². The Labute approximate surface area is 190 Å². The van der Waals surface area contributed by atoms with Crippen LogP contribution in [-0.4, -0.2) is 26.2 Å². The molecule has 2 N–H and O–H groups in total. The number of nitrogens with one attached hydrogen (secondary N) is 2. The van der Waals surface area contributed by atoms with Gasteiger partial charge in [-0.25, -0.2) is 9.37 Å². The highest BCUT2D eigenvalue weighted by Crippen LogP contribution is 2.26. The second kappa shape index (κ2) is 8.74. The number of fused-ring (bicyclic) bond motifs is 1. The van der Waals surface area contributed by atoms with Gasteiger partial charge in [0, 0.05) is 5.69 Å². The number of hydrogen-bond donors (Lipinski definition) is 2. The molecule has 0 radical (unpaired) electrons. The van der Waals surface area contributed by atoms with Gasteiger partial charge in [0.15, 0.2) is 14.8 Å². The number of amides is 1. The summed E-state index contributed by atoms with van der Waals surface area (Å²) in [5.41, 5.74) is 2.87. The van der Waals surface area contributed by atoms with Crippen LogP contribution < -0.4 is 10.9 Å². The van der Waals surface area contributed by atoms with Gasteiger partial charge in [0.2, 0.25) is 5.91 Å². The second-order valence-electron chi connectivity index (χ2n) is 6.81. The molecule has 0 aliphatic rings. The third-order valence-electron chi connectivity index (χ3n) is 4.57. The standard InChI is InChI=1S/C21H17FN4O2S3/c1-11-7-8-13(9-14(11)22)23-16(27)10-30-20-24-18-17(19(28)25-20)31-21(29)26(18)15-6-4-3-5-12(15)2/h3-9H,10H2,1-2H3,(H,23,27)(H,24,25,28). The molecule has 2 aromatic carbocycles. The second-order valence-corrected chi connectivity index (χ2v) is 9.42. The van der Waals surface area contributed by atoms with Crippen LogP contribution in [0.25, 0.3) is 16.0 Å². The number of H-pyrrole nitrogens is 1. The molecule has 6 nitrogen and oxygen atoms in total. The van der Waals surface area contributed by atoms with Crippen LogP contribution in [0.3, 0.4) is 0 Å². The number of halogens is 1. The molecule has 0 spiro atoms. The Bertz CT molecular complexity index is 1420. The van der Waals surface area contributed by atoms with Crippen LogP contribution in [0.5, 0.6) is 0 Å². The highest BCUT2D eigenvalue weighted by atomic mass is 32.2. The van der Waals surface area contributed by atoms with Crippen LogP contribution >= 0.6 is 35.3 Å². The van der Waals surface area contributed by atoms with Gasteiger partial charge in [-0.05, 0) is 55.4 Å². The van der Waals surface area contributed by atoms with Crippen molar-refractivity contribution in [3.05, 3.63) is 73.7 Å². The molecule has 0 saturated heterocycles. The molecule has 10 heteroatoms. The molecule has 0 atom stereocenters. The quantitative estimate of drug-likeness (QED) is 0.243. The zero-order valence-corrected chi connectivity index (χ0v) is 19.0. The number of benzene rings is 2. The minimum Gasteiger partial charge on any atom is -0.325 e. The summed E-state index contributed by atoms with van der Waals surface area (Å²) in [6, 6.07) is 12.2. The number of aromatic amines is 1. The minimum absolute atomic E-state index is 0.000817. The predicted molar refractivity (Wildman–Crippen MR) is 126 cm³/mol. The zero-order valence-electron chi connectivity index (χ0n) is 16.6. The fourth-order valence-corrected chi connectivity index (χ4v) is 4.90. The SMILES string of the molecule is Cc1ccc(NC(=O)CSc2nc3c(sc(=S)n3-c3ccccc3C)c(=O)[nH]2)cc1F. The summed E-state index contributed by atoms with van der Waals surface area (Å²) in [5.74, 6) is -0.726. The number of para-hydroxylation sites is 1. The van der Waals surface area contributed by atoms with Gasteiger partial charge in [-0.15, -0.1) is 0 Å². The van der Waals surface area contributed by atoms with E-state index in [0.29, 0.717) is 30.7 Å². The first-order chi connectivity index (χ1) is 14.8. The molecule has 4 rings (SSSR count). The molecule has 0 aliphatic carbocycles. The topological polar surface area (TPSA) is 79.8 Å². The summed E-state index contributed by atoms with van der Waals surface area (Å²) in [7, 11) is 0. The first-order valence-corrected chi connectivity index (χ1v) is 11.4. The van der Waals surface area contributed by atoms with Crippen molar-refractivity contribution in [3.63, 3.8) is 0 Å². The first-order valence-electron chi connectivity index (χ1n) is 9.24. The van der Waals surface area contributed by atoms with E-state index in [1.165, 1.54) is 17.4 Å². The summed E-state index contributed by atoms with van der Waals surface area (Å²) in [6.45, 7) is 3.61. The van der Waals surface area contributed by atoms with E-state index in [-0.39, 0.29) is 23.0 Å². The summed E-state index contributed by atoms with van der Waals surface area (Å²) in [6.07, 6.45) is 0. The van der Waals surface area contributed by atoms with E-state index in [1.54, 1.807) is 23.6 Å². The van der Waals surface area contributed by atoms with Gasteiger partial charge < -0.3 is 10.3 Å². The van der Waals surface area contributed by atoms with E-state index in [9.17, 15) is 14.0 Å². The molecular formula is C21H17FN4O2S3. The summed E-state index contributed by atoms with van der Waals surface area (Å²) in [4.78, 5) is 32.1. The zero-order chi connectivity index (χ0) is 22.1. The number of nitrogens with zero attached hydrogens (tertiary/aromatic N) is 2. The van der Waals surface area contributed by atoms with Crippen molar-refractivity contribution in [2.75, 3.05) is 11.1 Å². The van der Waals surface area contributed by atoms with E-state index < -0.39 is 0 Å². The van der Waals surface area contributed by atoms with Gasteiger partial charge in [0.05, 0.1) is 11.4 Å². The lowest BCUT2D eigenvalue weighted by molar-refractivity contribution is -0.113. The monoisotopic (exact) mass is 472 g/mol. The van der Waals surface area contributed by atoms with Gasteiger partial charge in [-0.1, -0.05) is 47.4 Å². The maximum atomic E-state index is 13.7. The summed E-state index contributed by atoms with van der Waals surface area (Å²) >= 11 is 7.76. The van der Waals surface area contributed by atoms with Crippen molar-refractivity contribution < 1.29 is 9.18 Å². The van der Waals surface area contributed by atoms with Crippen molar-refractivity contribution in [2.24, 2.45) is 0 Å². The number of thiazole rings is 1. The molecule has 2 heterocycles. The van der Waals surface area contributed by atoms with Crippen LogP contribution in [0.4, 0.5) is 10.1 Å². The van der Waals surface area contributed by atoms with Gasteiger partial charge in [0.1, 0.15) is 10.5 Å². The minimum atomic E-state index is -0.389. The van der Waals surface area contributed by atoms with E-state index in [2.05, 4.69) is 15.3 Å². The van der Waals surface area contributed by atoms with Crippen molar-refractivity contribution in [1.82, 2.24) is 14.5 Å². The number of thioether (sulfide) groups is 1. The number of aromatic nitrogens is 3. The number of carbonyl (C=O) groups is 1. The maximum absolute atomic E-state index is 13.7. The molecule has 158 valence electrons. The van der Waals surface area contributed by atoms with Crippen LogP contribution in [0.1, 0.15) is 11.1 Å². The molecule has 2 aromatic heterocycles. The van der Waals surface area contributed by atoms with Gasteiger partial charge in [0.25, 0.3) is 5.56 Å². The van der Waals surface area contributed by atoms with Crippen molar-refractivity contribution in [1.29, 1.82) is 0 Å². The molecule has 1 amide bonds. The highest BCUT2D eigenvalue weighted by molar-refractivity contribution is 7.99. The van der Waals surface area contributed by atoms with Gasteiger partial charge in [-0.3, -0.25) is 14.2 Å². The summed E-state index contributed by atoms with van der Waals surface area (Å²) < 4.78 is 16.4. The number of rotatable bonds is 5. The van der Waals surface area contributed by atoms with Crippen molar-refractivity contribution in [3.8, 4) is 5.69 Å². The molecule has 0 bridgehead atoms. The normalized spacial score (nSPS) is 11.1. The average Bonchev–Trinajstić information content (AvgIpc) is 3.06. The Kier molecular flexibility index (Phi) is 6.03. The lowest BCUT2D eigenvalue weighted by Gasteiger charge is -2.08. The van der Waals surface area contributed by atoms with Gasteiger partial charge >= 0.3 is 0 Å². The predicted octanol–water partition coefficient (Wildman–Crippen LogP) is 4.99. The molecule has 0 saturated carbocycles. The Morgan fingerprint density at radius 3 is 2.77 bits per heavy atom. The fraction of sp³-hybridized carbons (Fsp3) is 0.143. The van der Waals surface area contributed by atoms with Crippen LogP contribution in [0.15, 0.2) is 52.4 Å². The molecular weight excluding hydrogens is 455 g/mol. The van der Waals surface area contributed by atoms with E-state index in [4.69, 9.17) is 12.2 Å². The third kappa shape index (κ3) is 4.46. The third-order valence-corrected chi connectivity index (χ3v) is 6.81. The maximum Gasteiger partial charge on any atom is 0.271 e. The van der Waals surface area contributed by atoms with Crippen molar-refractivity contribution >= 4 is 57.3 Å². The smallest absolute Gasteiger partial charge is 0.271 e. The lowest BCUT2D eigenvalue weighted by atomic mass is 10.2. The fourth-order valence-electron chi connectivity index (χ4n) is 2.99. The van der Waals surface area contributed by atoms with E-state index in [0.717, 1.165) is 23.0 Å². The van der Waals surface area contributed by atoms with Crippen molar-refractivity contribution in [2.45, 2.75) is 19.0 Å². The Balaban J connectivity index is 1.60. The molecule has 0 aliphatic heterocycles. The molecule has 31 heavy (non-hydrogen) atoms. The number of anilines is 1. The first kappa shape index (κ1) is 21.4. The average molecular weight is 473 g/mol. The Hall–Kier alpha value is -2.82. The lowest BCUT2D eigenvalue weighted by Crippen LogP contribution is -2.16. The Morgan fingerprint density at radius 1 is 1.26 bits per heavy atom.